The third kappa shape index (κ3) is 4.39. The SMILES string of the molecule is O=C1CC=C2N=CCC3C(C(=O)NC4CCCCC4)C(C(=O)OCc4ccccc4)SC23C1. The monoisotopic (exact) mass is 466 g/mol. The van der Waals surface area contributed by atoms with Crippen LogP contribution >= 0.6 is 11.8 Å². The van der Waals surface area contributed by atoms with E-state index in [-0.39, 0.29) is 36.2 Å². The van der Waals surface area contributed by atoms with E-state index >= 15 is 0 Å². The summed E-state index contributed by atoms with van der Waals surface area (Å²) in [5.74, 6) is -1.01. The number of rotatable bonds is 5. The van der Waals surface area contributed by atoms with Gasteiger partial charge in [0.1, 0.15) is 17.6 Å². The molecule has 0 radical (unpaired) electrons. The van der Waals surface area contributed by atoms with E-state index in [4.69, 9.17) is 4.74 Å². The Hall–Kier alpha value is -2.41. The molecule has 7 heteroatoms. The molecule has 1 saturated heterocycles. The van der Waals surface area contributed by atoms with E-state index in [1.54, 1.807) is 0 Å². The number of Topliss-reactive ketones (excluding diaryl/α,β-unsaturated/α-hetero) is 1. The fourth-order valence-electron chi connectivity index (χ4n) is 5.78. The van der Waals surface area contributed by atoms with Gasteiger partial charge >= 0.3 is 5.97 Å². The summed E-state index contributed by atoms with van der Waals surface area (Å²) in [6.07, 6.45) is 10.4. The van der Waals surface area contributed by atoms with Crippen LogP contribution in [0.3, 0.4) is 0 Å². The van der Waals surface area contributed by atoms with Crippen molar-refractivity contribution in [3.8, 4) is 0 Å². The highest BCUT2D eigenvalue weighted by Crippen LogP contribution is 2.60. The Morgan fingerprint density at radius 3 is 2.73 bits per heavy atom. The Balaban J connectivity index is 1.41. The summed E-state index contributed by atoms with van der Waals surface area (Å²) in [7, 11) is 0. The summed E-state index contributed by atoms with van der Waals surface area (Å²) in [5.41, 5.74) is 1.75. The molecule has 6 nitrogen and oxygen atoms in total. The Morgan fingerprint density at radius 2 is 1.94 bits per heavy atom. The highest BCUT2D eigenvalue weighted by Gasteiger charge is 2.62. The number of amides is 1. The minimum atomic E-state index is -0.654. The molecule has 2 aliphatic carbocycles. The lowest BCUT2D eigenvalue weighted by molar-refractivity contribution is -0.147. The molecular weight excluding hydrogens is 436 g/mol. The number of carbonyl (C=O) groups is 3. The van der Waals surface area contributed by atoms with Gasteiger partial charge in [0.25, 0.3) is 0 Å². The normalized spacial score (nSPS) is 31.3. The highest BCUT2D eigenvalue weighted by molar-refractivity contribution is 8.02. The third-order valence-electron chi connectivity index (χ3n) is 7.41. The Kier molecular flexibility index (Phi) is 6.41. The minimum Gasteiger partial charge on any atom is -0.460 e. The molecule has 1 aromatic rings. The molecule has 1 spiro atoms. The van der Waals surface area contributed by atoms with Gasteiger partial charge in [-0.05, 0) is 30.7 Å². The molecule has 174 valence electrons. The number of thioether (sulfide) groups is 1. The largest absolute Gasteiger partial charge is 0.460 e. The fourth-order valence-corrected chi connectivity index (χ4v) is 7.78. The summed E-state index contributed by atoms with van der Waals surface area (Å²) in [6, 6.07) is 9.72. The Bertz CT molecular complexity index is 985. The van der Waals surface area contributed by atoms with Crippen molar-refractivity contribution < 1.29 is 19.1 Å². The molecular formula is C26H30N2O4S. The van der Waals surface area contributed by atoms with Gasteiger partial charge in [-0.3, -0.25) is 19.4 Å². The summed E-state index contributed by atoms with van der Waals surface area (Å²) in [4.78, 5) is 44.1. The summed E-state index contributed by atoms with van der Waals surface area (Å²) in [6.45, 7) is 0.170. The molecule has 4 aliphatic rings. The zero-order chi connectivity index (χ0) is 22.8. The molecule has 4 atom stereocenters. The molecule has 0 aromatic heterocycles. The van der Waals surface area contributed by atoms with Crippen LogP contribution in [0, 0.1) is 11.8 Å². The van der Waals surface area contributed by atoms with Crippen molar-refractivity contribution in [1.29, 1.82) is 0 Å². The first-order valence-corrected chi connectivity index (χ1v) is 12.9. The average Bonchev–Trinajstić information content (AvgIpc) is 3.17. The lowest BCUT2D eigenvalue weighted by Crippen LogP contribution is -2.48. The number of nitrogens with one attached hydrogen (secondary N) is 1. The summed E-state index contributed by atoms with van der Waals surface area (Å²) in [5, 5.41) is 2.59. The van der Waals surface area contributed by atoms with E-state index in [0.717, 1.165) is 36.9 Å². The van der Waals surface area contributed by atoms with Gasteiger partial charge in [-0.1, -0.05) is 55.7 Å². The topological polar surface area (TPSA) is 84.8 Å². The van der Waals surface area contributed by atoms with Gasteiger partial charge < -0.3 is 10.1 Å². The van der Waals surface area contributed by atoms with Crippen LogP contribution in [0.15, 0.2) is 47.1 Å². The molecule has 2 fully saturated rings. The third-order valence-corrected chi connectivity index (χ3v) is 9.23. The zero-order valence-corrected chi connectivity index (χ0v) is 19.5. The standard InChI is InChI=1S/C26H30N2O4S/c29-19-11-12-21-26(15-19)20(13-14-27-21)22(24(30)28-18-9-5-2-6-10-18)23(33-26)25(31)32-16-17-7-3-1-4-8-17/h1,3-4,7-8,12,14,18,20,22-23H,2,5-6,9-11,13,15-16H2,(H,28,30). The van der Waals surface area contributed by atoms with Crippen molar-refractivity contribution >= 4 is 35.6 Å². The molecule has 33 heavy (non-hydrogen) atoms. The predicted molar refractivity (Wildman–Crippen MR) is 128 cm³/mol. The maximum absolute atomic E-state index is 13.6. The lowest BCUT2D eigenvalue weighted by Gasteiger charge is -2.40. The van der Waals surface area contributed by atoms with Crippen LogP contribution in [0.1, 0.15) is 56.9 Å². The van der Waals surface area contributed by atoms with Crippen LogP contribution in [0.25, 0.3) is 0 Å². The number of hydrogen-bond donors (Lipinski definition) is 1. The number of aliphatic imine (C=N–C) groups is 1. The first-order chi connectivity index (χ1) is 16.1. The Morgan fingerprint density at radius 1 is 1.15 bits per heavy atom. The van der Waals surface area contributed by atoms with E-state index < -0.39 is 15.9 Å². The lowest BCUT2D eigenvalue weighted by atomic mass is 9.70. The molecule has 2 aliphatic heterocycles. The van der Waals surface area contributed by atoms with Crippen molar-refractivity contribution in [3.05, 3.63) is 47.7 Å². The van der Waals surface area contributed by atoms with Gasteiger partial charge in [-0.2, -0.15) is 0 Å². The summed E-state index contributed by atoms with van der Waals surface area (Å²) >= 11 is 1.43. The molecule has 1 aromatic carbocycles. The van der Waals surface area contributed by atoms with Gasteiger partial charge in [0.05, 0.1) is 16.4 Å². The fraction of sp³-hybridized carbons (Fsp3) is 0.538. The second-order valence-electron chi connectivity index (χ2n) is 9.55. The number of carbonyl (C=O) groups excluding carboxylic acids is 3. The number of allylic oxidation sites excluding steroid dienone is 1. The molecule has 1 saturated carbocycles. The van der Waals surface area contributed by atoms with Crippen LogP contribution < -0.4 is 5.32 Å². The minimum absolute atomic E-state index is 0.0781. The van der Waals surface area contributed by atoms with Crippen LogP contribution in [0.4, 0.5) is 0 Å². The van der Waals surface area contributed by atoms with E-state index in [9.17, 15) is 14.4 Å². The predicted octanol–water partition coefficient (Wildman–Crippen LogP) is 3.99. The second-order valence-corrected chi connectivity index (χ2v) is 11.0. The number of ketones is 1. The molecule has 5 rings (SSSR count). The van der Waals surface area contributed by atoms with Gasteiger partial charge in [0.2, 0.25) is 5.91 Å². The number of esters is 1. The van der Waals surface area contributed by atoms with Crippen LogP contribution in [0.2, 0.25) is 0 Å². The van der Waals surface area contributed by atoms with E-state index in [2.05, 4.69) is 10.3 Å². The van der Waals surface area contributed by atoms with Gasteiger partial charge in [0.15, 0.2) is 0 Å². The smallest absolute Gasteiger partial charge is 0.320 e. The van der Waals surface area contributed by atoms with Crippen LogP contribution in [0.5, 0.6) is 0 Å². The quantitative estimate of drug-likeness (QED) is 0.664. The summed E-state index contributed by atoms with van der Waals surface area (Å²) < 4.78 is 5.09. The van der Waals surface area contributed by atoms with Gasteiger partial charge in [-0.15, -0.1) is 11.8 Å². The van der Waals surface area contributed by atoms with Crippen molar-refractivity contribution in [2.45, 2.75) is 74.0 Å². The maximum atomic E-state index is 13.6. The van der Waals surface area contributed by atoms with Crippen molar-refractivity contribution in [1.82, 2.24) is 5.32 Å². The zero-order valence-electron chi connectivity index (χ0n) is 18.7. The number of ether oxygens (including phenoxy) is 1. The van der Waals surface area contributed by atoms with Crippen molar-refractivity contribution in [2.24, 2.45) is 16.8 Å². The molecule has 0 bridgehead atoms. The van der Waals surface area contributed by atoms with Crippen LogP contribution in [-0.4, -0.2) is 39.9 Å². The number of hydrogen-bond acceptors (Lipinski definition) is 6. The van der Waals surface area contributed by atoms with E-state index in [1.165, 1.54) is 18.2 Å². The first kappa shape index (κ1) is 22.4. The molecule has 2 heterocycles. The maximum Gasteiger partial charge on any atom is 0.320 e. The molecule has 1 N–H and O–H groups in total. The van der Waals surface area contributed by atoms with Gasteiger partial charge in [-0.25, -0.2) is 0 Å². The van der Waals surface area contributed by atoms with Crippen molar-refractivity contribution in [2.75, 3.05) is 0 Å². The average molecular weight is 467 g/mol. The van der Waals surface area contributed by atoms with Crippen molar-refractivity contribution in [3.63, 3.8) is 0 Å². The number of nitrogens with zero attached hydrogens (tertiary/aromatic N) is 1. The van der Waals surface area contributed by atoms with E-state index in [0.29, 0.717) is 19.3 Å². The highest BCUT2D eigenvalue weighted by atomic mass is 32.2. The first-order valence-electron chi connectivity index (χ1n) is 12.0. The van der Waals surface area contributed by atoms with E-state index in [1.807, 2.05) is 42.6 Å². The molecule has 1 amide bonds. The second kappa shape index (κ2) is 9.45. The Labute approximate surface area is 198 Å². The van der Waals surface area contributed by atoms with Gasteiger partial charge in [0, 0.05) is 25.1 Å². The van der Waals surface area contributed by atoms with Crippen LogP contribution in [-0.2, 0) is 25.7 Å². The molecule has 4 unspecified atom stereocenters. The number of benzene rings is 1.